The largest absolute Gasteiger partial charge is 0.393 e. The highest BCUT2D eigenvalue weighted by atomic mass is 35.5. The summed E-state index contributed by atoms with van der Waals surface area (Å²) >= 11 is 6.18. The molecular formula is C13H17ClO. The molecule has 0 heterocycles. The molecule has 82 valence electrons. The van der Waals surface area contributed by atoms with Crippen molar-refractivity contribution in [2.24, 2.45) is 5.92 Å². The van der Waals surface area contributed by atoms with Crippen LogP contribution in [0.15, 0.2) is 18.2 Å². The zero-order valence-electron chi connectivity index (χ0n) is 9.04. The predicted octanol–water partition coefficient (Wildman–Crippen LogP) is 3.35. The van der Waals surface area contributed by atoms with Crippen LogP contribution in [0, 0.1) is 12.8 Å². The number of benzene rings is 1. The quantitative estimate of drug-likeness (QED) is 0.817. The minimum Gasteiger partial charge on any atom is -0.393 e. The van der Waals surface area contributed by atoms with Gasteiger partial charge in [-0.3, -0.25) is 0 Å². The zero-order chi connectivity index (χ0) is 10.8. The maximum Gasteiger partial charge on any atom is 0.0543 e. The van der Waals surface area contributed by atoms with Gasteiger partial charge in [0.15, 0.2) is 0 Å². The molecule has 2 unspecified atom stereocenters. The van der Waals surface area contributed by atoms with Crippen LogP contribution in [0.3, 0.4) is 0 Å². The van der Waals surface area contributed by atoms with Crippen LogP contribution in [0.4, 0.5) is 0 Å². The summed E-state index contributed by atoms with van der Waals surface area (Å²) in [6.45, 7) is 2.05. The minimum absolute atomic E-state index is 0.0841. The molecule has 0 bridgehead atoms. The highest BCUT2D eigenvalue weighted by molar-refractivity contribution is 6.31. The number of halogens is 1. The lowest BCUT2D eigenvalue weighted by atomic mass is 9.97. The van der Waals surface area contributed by atoms with E-state index < -0.39 is 0 Å². The molecule has 15 heavy (non-hydrogen) atoms. The molecule has 1 N–H and O–H groups in total. The van der Waals surface area contributed by atoms with E-state index >= 15 is 0 Å². The van der Waals surface area contributed by atoms with E-state index in [4.69, 9.17) is 11.6 Å². The first-order valence-corrected chi connectivity index (χ1v) is 5.96. The summed E-state index contributed by atoms with van der Waals surface area (Å²) in [4.78, 5) is 0. The first-order chi connectivity index (χ1) is 7.15. The third-order valence-electron chi connectivity index (χ3n) is 3.23. The lowest BCUT2D eigenvalue weighted by Gasteiger charge is -2.11. The Morgan fingerprint density at radius 1 is 1.40 bits per heavy atom. The second kappa shape index (κ2) is 4.54. The van der Waals surface area contributed by atoms with E-state index in [9.17, 15) is 5.11 Å². The third-order valence-corrected chi connectivity index (χ3v) is 3.58. The van der Waals surface area contributed by atoms with Gasteiger partial charge >= 0.3 is 0 Å². The van der Waals surface area contributed by atoms with Crippen molar-refractivity contribution in [3.05, 3.63) is 34.3 Å². The van der Waals surface area contributed by atoms with Crippen molar-refractivity contribution in [2.45, 2.75) is 38.7 Å². The standard InChI is InChI=1S/C13H17ClO/c1-9-2-4-11(13(14)6-9)7-10-3-5-12(15)8-10/h2,4,6,10,12,15H,3,5,7-8H2,1H3. The van der Waals surface area contributed by atoms with E-state index in [1.54, 1.807) is 0 Å². The number of rotatable bonds is 2. The lowest BCUT2D eigenvalue weighted by molar-refractivity contribution is 0.177. The summed E-state index contributed by atoms with van der Waals surface area (Å²) in [7, 11) is 0. The van der Waals surface area contributed by atoms with E-state index in [2.05, 4.69) is 19.1 Å². The molecule has 1 aromatic rings. The number of aliphatic hydroxyl groups is 1. The molecule has 0 aliphatic heterocycles. The number of aliphatic hydroxyl groups excluding tert-OH is 1. The van der Waals surface area contributed by atoms with Gasteiger partial charge in [-0.25, -0.2) is 0 Å². The fraction of sp³-hybridized carbons (Fsp3) is 0.538. The molecule has 1 aromatic carbocycles. The molecule has 0 spiro atoms. The van der Waals surface area contributed by atoms with Gasteiger partial charge in [-0.05, 0) is 55.7 Å². The Labute approximate surface area is 96.1 Å². The second-order valence-corrected chi connectivity index (χ2v) is 5.04. The van der Waals surface area contributed by atoms with E-state index in [1.165, 1.54) is 11.1 Å². The van der Waals surface area contributed by atoms with Crippen LogP contribution in [-0.2, 0) is 6.42 Å². The van der Waals surface area contributed by atoms with Gasteiger partial charge in [0.05, 0.1) is 6.10 Å². The summed E-state index contributed by atoms with van der Waals surface area (Å²) in [5, 5.41) is 10.3. The first-order valence-electron chi connectivity index (χ1n) is 5.58. The Morgan fingerprint density at radius 3 is 2.80 bits per heavy atom. The van der Waals surface area contributed by atoms with Gasteiger partial charge in [-0.1, -0.05) is 23.7 Å². The van der Waals surface area contributed by atoms with Crippen LogP contribution >= 0.6 is 11.6 Å². The Kier molecular flexibility index (Phi) is 3.32. The van der Waals surface area contributed by atoms with Crippen LogP contribution in [0.1, 0.15) is 30.4 Å². The lowest BCUT2D eigenvalue weighted by Crippen LogP contribution is -2.03. The SMILES string of the molecule is Cc1ccc(CC2CCC(O)C2)c(Cl)c1. The number of hydrogen-bond acceptors (Lipinski definition) is 1. The zero-order valence-corrected chi connectivity index (χ0v) is 9.80. The van der Waals surface area contributed by atoms with Crippen molar-refractivity contribution in [3.8, 4) is 0 Å². The second-order valence-electron chi connectivity index (χ2n) is 4.63. The van der Waals surface area contributed by atoms with Gasteiger partial charge in [0.1, 0.15) is 0 Å². The van der Waals surface area contributed by atoms with E-state index in [1.807, 2.05) is 6.07 Å². The fourth-order valence-corrected chi connectivity index (χ4v) is 2.68. The summed E-state index contributed by atoms with van der Waals surface area (Å²) in [6, 6.07) is 6.23. The number of aryl methyl sites for hydroxylation is 1. The molecule has 0 saturated heterocycles. The summed E-state index contributed by atoms with van der Waals surface area (Å²) in [5.74, 6) is 0.611. The van der Waals surface area contributed by atoms with Crippen LogP contribution in [0.25, 0.3) is 0 Å². The van der Waals surface area contributed by atoms with Crippen molar-refractivity contribution >= 4 is 11.6 Å². The summed E-state index contributed by atoms with van der Waals surface area (Å²) < 4.78 is 0. The number of hydrogen-bond donors (Lipinski definition) is 1. The van der Waals surface area contributed by atoms with Crippen molar-refractivity contribution in [1.82, 2.24) is 0 Å². The van der Waals surface area contributed by atoms with Gasteiger partial charge in [-0.2, -0.15) is 0 Å². The van der Waals surface area contributed by atoms with E-state index in [0.717, 1.165) is 30.7 Å². The molecule has 1 aliphatic rings. The first kappa shape index (κ1) is 11.0. The van der Waals surface area contributed by atoms with Crippen LogP contribution < -0.4 is 0 Å². The van der Waals surface area contributed by atoms with E-state index in [0.29, 0.717) is 5.92 Å². The normalized spacial score (nSPS) is 25.8. The highest BCUT2D eigenvalue weighted by Crippen LogP contribution is 2.30. The van der Waals surface area contributed by atoms with Gasteiger partial charge in [0, 0.05) is 5.02 Å². The minimum atomic E-state index is -0.0841. The van der Waals surface area contributed by atoms with Crippen LogP contribution in [-0.4, -0.2) is 11.2 Å². The Balaban J connectivity index is 2.04. The molecule has 1 nitrogen and oxygen atoms in total. The van der Waals surface area contributed by atoms with Gasteiger partial charge in [0.25, 0.3) is 0 Å². The average Bonchev–Trinajstić information content (AvgIpc) is 2.56. The van der Waals surface area contributed by atoms with E-state index in [-0.39, 0.29) is 6.10 Å². The fourth-order valence-electron chi connectivity index (χ4n) is 2.36. The van der Waals surface area contributed by atoms with Crippen molar-refractivity contribution in [1.29, 1.82) is 0 Å². The van der Waals surface area contributed by atoms with Crippen molar-refractivity contribution in [2.75, 3.05) is 0 Å². The van der Waals surface area contributed by atoms with Gasteiger partial charge in [-0.15, -0.1) is 0 Å². The van der Waals surface area contributed by atoms with Crippen molar-refractivity contribution in [3.63, 3.8) is 0 Å². The Bertz CT molecular complexity index is 348. The smallest absolute Gasteiger partial charge is 0.0543 e. The Hall–Kier alpha value is -0.530. The summed E-state index contributed by atoms with van der Waals surface area (Å²) in [5.41, 5.74) is 2.43. The van der Waals surface area contributed by atoms with Crippen LogP contribution in [0.5, 0.6) is 0 Å². The molecule has 1 aliphatic carbocycles. The molecular weight excluding hydrogens is 208 g/mol. The van der Waals surface area contributed by atoms with Crippen molar-refractivity contribution < 1.29 is 5.11 Å². The predicted molar refractivity (Wildman–Crippen MR) is 63.2 cm³/mol. The summed E-state index contributed by atoms with van der Waals surface area (Å²) in [6.07, 6.45) is 3.94. The highest BCUT2D eigenvalue weighted by Gasteiger charge is 2.23. The maximum atomic E-state index is 9.46. The maximum absolute atomic E-state index is 9.46. The van der Waals surface area contributed by atoms with Gasteiger partial charge < -0.3 is 5.11 Å². The van der Waals surface area contributed by atoms with Crippen LogP contribution in [0.2, 0.25) is 5.02 Å². The Morgan fingerprint density at radius 2 is 2.20 bits per heavy atom. The topological polar surface area (TPSA) is 20.2 Å². The molecule has 2 atom stereocenters. The van der Waals surface area contributed by atoms with Gasteiger partial charge in [0.2, 0.25) is 0 Å². The molecule has 2 rings (SSSR count). The third kappa shape index (κ3) is 2.73. The molecule has 0 radical (unpaired) electrons. The average molecular weight is 225 g/mol. The molecule has 2 heteroatoms. The monoisotopic (exact) mass is 224 g/mol. The molecule has 1 fully saturated rings. The molecule has 1 saturated carbocycles. The molecule has 0 amide bonds. The molecule has 0 aromatic heterocycles.